The lowest BCUT2D eigenvalue weighted by Crippen LogP contribution is -2.37. The van der Waals surface area contributed by atoms with Gasteiger partial charge in [-0.15, -0.1) is 0 Å². The van der Waals surface area contributed by atoms with E-state index in [1.54, 1.807) is 11.0 Å². The zero-order valence-corrected chi connectivity index (χ0v) is 13.4. The Bertz CT molecular complexity index is 749. The molecule has 1 N–H and O–H groups in total. The van der Waals surface area contributed by atoms with Gasteiger partial charge in [0, 0.05) is 35.8 Å². The Morgan fingerprint density at radius 1 is 1.43 bits per heavy atom. The van der Waals surface area contributed by atoms with E-state index in [0.29, 0.717) is 13.1 Å². The molecule has 122 valence electrons. The van der Waals surface area contributed by atoms with Gasteiger partial charge in [0.25, 0.3) is 0 Å². The molecule has 2 aromatic rings. The second-order valence-corrected chi connectivity index (χ2v) is 6.07. The van der Waals surface area contributed by atoms with E-state index in [2.05, 4.69) is 11.1 Å². The highest BCUT2D eigenvalue weighted by molar-refractivity contribution is 5.93. The molecular weight excluding hydrogens is 295 g/mol. The van der Waals surface area contributed by atoms with Gasteiger partial charge in [0.05, 0.1) is 6.10 Å². The summed E-state index contributed by atoms with van der Waals surface area (Å²) in [6.45, 7) is 5.24. The molecule has 0 spiro atoms. The molecule has 0 saturated carbocycles. The van der Waals surface area contributed by atoms with Crippen LogP contribution in [-0.2, 0) is 9.53 Å². The molecule has 2 heterocycles. The summed E-state index contributed by atoms with van der Waals surface area (Å²) in [7, 11) is 0. The average Bonchev–Trinajstić information content (AvgIpc) is 2.95. The van der Waals surface area contributed by atoms with Gasteiger partial charge in [0.1, 0.15) is 12.4 Å². The monoisotopic (exact) mass is 316 g/mol. The predicted molar refractivity (Wildman–Crippen MR) is 88.5 cm³/mol. The molecule has 5 heteroatoms. The number of aromatic amines is 1. The van der Waals surface area contributed by atoms with E-state index in [1.165, 1.54) is 17.7 Å². The van der Waals surface area contributed by atoms with Gasteiger partial charge in [-0.2, -0.15) is 0 Å². The normalized spacial score (nSPS) is 15.3. The van der Waals surface area contributed by atoms with E-state index in [9.17, 15) is 9.18 Å². The van der Waals surface area contributed by atoms with Crippen molar-refractivity contribution in [1.29, 1.82) is 0 Å². The van der Waals surface area contributed by atoms with E-state index in [1.807, 2.05) is 20.0 Å². The van der Waals surface area contributed by atoms with Gasteiger partial charge in [-0.25, -0.2) is 4.39 Å². The van der Waals surface area contributed by atoms with Crippen LogP contribution in [0.1, 0.15) is 25.8 Å². The van der Waals surface area contributed by atoms with Crippen LogP contribution in [0.5, 0.6) is 0 Å². The third-order valence-corrected chi connectivity index (χ3v) is 4.09. The zero-order chi connectivity index (χ0) is 16.4. The Kier molecular flexibility index (Phi) is 4.48. The molecule has 0 bridgehead atoms. The average molecular weight is 316 g/mol. The molecule has 3 rings (SSSR count). The van der Waals surface area contributed by atoms with Crippen LogP contribution in [0.3, 0.4) is 0 Å². The van der Waals surface area contributed by atoms with Crippen LogP contribution in [-0.4, -0.2) is 41.6 Å². The highest BCUT2D eigenvalue weighted by Crippen LogP contribution is 2.29. The van der Waals surface area contributed by atoms with E-state index in [-0.39, 0.29) is 24.4 Å². The summed E-state index contributed by atoms with van der Waals surface area (Å²) in [6.07, 6.45) is 4.83. The second-order valence-electron chi connectivity index (χ2n) is 6.07. The van der Waals surface area contributed by atoms with E-state index in [4.69, 9.17) is 4.74 Å². The topological polar surface area (TPSA) is 45.3 Å². The number of fused-ring (bicyclic) bond motifs is 1. The highest BCUT2D eigenvalue weighted by Gasteiger charge is 2.19. The number of carbonyl (C=O) groups is 1. The summed E-state index contributed by atoms with van der Waals surface area (Å²) in [6, 6.07) is 4.77. The van der Waals surface area contributed by atoms with Crippen LogP contribution in [0.15, 0.2) is 30.5 Å². The number of nitrogens with one attached hydrogen (secondary N) is 1. The summed E-state index contributed by atoms with van der Waals surface area (Å²) in [5.74, 6) is -0.222. The number of amides is 1. The van der Waals surface area contributed by atoms with Gasteiger partial charge < -0.3 is 14.6 Å². The van der Waals surface area contributed by atoms with Gasteiger partial charge in [-0.05, 0) is 44.0 Å². The Morgan fingerprint density at radius 3 is 2.96 bits per heavy atom. The fraction of sp³-hybridized carbons (Fsp3) is 0.389. The largest absolute Gasteiger partial charge is 0.369 e. The molecule has 1 aromatic heterocycles. The quantitative estimate of drug-likeness (QED) is 0.940. The number of aromatic nitrogens is 1. The fourth-order valence-electron chi connectivity index (χ4n) is 2.83. The minimum absolute atomic E-state index is 0.0231. The van der Waals surface area contributed by atoms with Crippen molar-refractivity contribution >= 4 is 22.4 Å². The van der Waals surface area contributed by atoms with Gasteiger partial charge in [0.15, 0.2) is 0 Å². The molecule has 1 aromatic carbocycles. The third kappa shape index (κ3) is 3.45. The van der Waals surface area contributed by atoms with E-state index in [0.717, 1.165) is 22.9 Å². The van der Waals surface area contributed by atoms with Crippen molar-refractivity contribution in [3.8, 4) is 0 Å². The molecule has 1 aliphatic heterocycles. The number of benzene rings is 1. The first-order valence-electron chi connectivity index (χ1n) is 7.90. The fourth-order valence-corrected chi connectivity index (χ4v) is 2.83. The molecule has 0 atom stereocenters. The molecule has 23 heavy (non-hydrogen) atoms. The van der Waals surface area contributed by atoms with Crippen LogP contribution in [0.25, 0.3) is 16.5 Å². The van der Waals surface area contributed by atoms with Gasteiger partial charge in [0.2, 0.25) is 5.91 Å². The Hall–Kier alpha value is -2.14. The van der Waals surface area contributed by atoms with Gasteiger partial charge >= 0.3 is 0 Å². The lowest BCUT2D eigenvalue weighted by Gasteiger charge is -2.26. The van der Waals surface area contributed by atoms with Crippen molar-refractivity contribution in [3.63, 3.8) is 0 Å². The Morgan fingerprint density at radius 2 is 2.26 bits per heavy atom. The lowest BCUT2D eigenvalue weighted by atomic mass is 9.99. The summed E-state index contributed by atoms with van der Waals surface area (Å²) in [5.41, 5.74) is 3.08. The number of halogens is 1. The van der Waals surface area contributed by atoms with Crippen molar-refractivity contribution in [2.24, 2.45) is 0 Å². The van der Waals surface area contributed by atoms with Crippen LogP contribution >= 0.6 is 0 Å². The molecule has 0 fully saturated rings. The zero-order valence-electron chi connectivity index (χ0n) is 13.4. The molecule has 1 aliphatic rings. The number of hydrogen-bond donors (Lipinski definition) is 1. The number of ether oxygens (including phenoxy) is 1. The number of carbonyl (C=O) groups excluding carboxylic acids is 1. The maximum absolute atomic E-state index is 13.3. The lowest BCUT2D eigenvalue weighted by molar-refractivity contribution is -0.137. The van der Waals surface area contributed by atoms with E-state index < -0.39 is 0 Å². The van der Waals surface area contributed by atoms with Crippen molar-refractivity contribution in [2.75, 3.05) is 19.7 Å². The van der Waals surface area contributed by atoms with Crippen molar-refractivity contribution in [3.05, 3.63) is 41.9 Å². The molecule has 0 saturated heterocycles. The molecular formula is C18H21FN2O2. The van der Waals surface area contributed by atoms with Crippen molar-refractivity contribution < 1.29 is 13.9 Å². The standard InChI is InChI=1S/C18H21FN2O2/c1-12(2)23-11-18(22)21-7-5-13(6-8-21)16-10-20-17-9-14(19)3-4-15(16)17/h3-5,9-10,12,20H,6-8,11H2,1-2H3. The first kappa shape index (κ1) is 15.7. The van der Waals surface area contributed by atoms with Crippen molar-refractivity contribution in [1.82, 2.24) is 9.88 Å². The van der Waals surface area contributed by atoms with Crippen molar-refractivity contribution in [2.45, 2.75) is 26.4 Å². The highest BCUT2D eigenvalue weighted by atomic mass is 19.1. The summed E-state index contributed by atoms with van der Waals surface area (Å²) < 4.78 is 18.6. The first-order chi connectivity index (χ1) is 11.0. The molecule has 0 aliphatic carbocycles. The van der Waals surface area contributed by atoms with Crippen LogP contribution in [0.4, 0.5) is 4.39 Å². The number of hydrogen-bond acceptors (Lipinski definition) is 2. The summed E-state index contributed by atoms with van der Waals surface area (Å²) in [4.78, 5) is 17.0. The SMILES string of the molecule is CC(C)OCC(=O)N1CC=C(c2c[nH]c3cc(F)ccc23)CC1. The Balaban J connectivity index is 1.72. The van der Waals surface area contributed by atoms with Crippen LogP contribution in [0.2, 0.25) is 0 Å². The molecule has 1 amide bonds. The van der Waals surface area contributed by atoms with Gasteiger partial charge in [-0.3, -0.25) is 4.79 Å². The van der Waals surface area contributed by atoms with Gasteiger partial charge in [-0.1, -0.05) is 6.08 Å². The maximum atomic E-state index is 13.3. The number of rotatable bonds is 4. The second kappa shape index (κ2) is 6.54. The smallest absolute Gasteiger partial charge is 0.248 e. The predicted octanol–water partition coefficient (Wildman–Crippen LogP) is 3.35. The van der Waals surface area contributed by atoms with Crippen LogP contribution < -0.4 is 0 Å². The molecule has 0 unspecified atom stereocenters. The minimum Gasteiger partial charge on any atom is -0.369 e. The third-order valence-electron chi connectivity index (χ3n) is 4.09. The maximum Gasteiger partial charge on any atom is 0.248 e. The first-order valence-corrected chi connectivity index (χ1v) is 7.90. The summed E-state index contributed by atoms with van der Waals surface area (Å²) >= 11 is 0. The van der Waals surface area contributed by atoms with E-state index >= 15 is 0 Å². The van der Waals surface area contributed by atoms with Crippen LogP contribution in [0, 0.1) is 5.82 Å². The molecule has 0 radical (unpaired) electrons. The number of H-pyrrole nitrogens is 1. The number of nitrogens with zero attached hydrogens (tertiary/aromatic N) is 1. The minimum atomic E-state index is -0.245. The molecule has 4 nitrogen and oxygen atoms in total. The Labute approximate surface area is 134 Å². The summed E-state index contributed by atoms with van der Waals surface area (Å²) in [5, 5.41) is 1.01.